The smallest absolute Gasteiger partial charge is 0.128 e. The lowest BCUT2D eigenvalue weighted by Gasteiger charge is -2.11. The zero-order valence-electron chi connectivity index (χ0n) is 13.5. The molecule has 0 aliphatic heterocycles. The molecule has 0 fully saturated rings. The van der Waals surface area contributed by atoms with Crippen LogP contribution in [0.4, 0.5) is 5.69 Å². The van der Waals surface area contributed by atoms with E-state index >= 15 is 0 Å². The highest BCUT2D eigenvalue weighted by Gasteiger charge is 2.03. The Kier molecular flexibility index (Phi) is 6.01. The number of benzene rings is 2. The van der Waals surface area contributed by atoms with Gasteiger partial charge in [-0.15, -0.1) is 0 Å². The summed E-state index contributed by atoms with van der Waals surface area (Å²) in [4.78, 5) is 0. The maximum atomic E-state index is 5.89. The molecule has 0 amide bonds. The second-order valence-corrected chi connectivity index (χ2v) is 5.81. The first-order valence-electron chi connectivity index (χ1n) is 7.72. The van der Waals surface area contributed by atoms with Crippen molar-refractivity contribution in [1.29, 1.82) is 0 Å². The van der Waals surface area contributed by atoms with Gasteiger partial charge in [-0.3, -0.25) is 5.43 Å². The van der Waals surface area contributed by atoms with E-state index in [-0.39, 0.29) is 0 Å². The highest BCUT2D eigenvalue weighted by molar-refractivity contribution is 5.84. The Hall–Kier alpha value is -2.29. The van der Waals surface area contributed by atoms with Gasteiger partial charge in [0.1, 0.15) is 5.75 Å². The van der Waals surface area contributed by atoms with Crippen molar-refractivity contribution >= 4 is 11.9 Å². The lowest BCUT2D eigenvalue weighted by molar-refractivity contribution is 0.289. The van der Waals surface area contributed by atoms with E-state index in [1.165, 1.54) is 5.56 Å². The van der Waals surface area contributed by atoms with Crippen LogP contribution in [0.5, 0.6) is 5.75 Å². The first-order chi connectivity index (χ1) is 10.6. The third-order valence-electron chi connectivity index (χ3n) is 3.29. The molecule has 0 aromatic heterocycles. The quantitative estimate of drug-likeness (QED) is 0.584. The van der Waals surface area contributed by atoms with Crippen molar-refractivity contribution in [3.05, 3.63) is 59.7 Å². The first-order valence-corrected chi connectivity index (χ1v) is 7.72. The second-order valence-electron chi connectivity index (χ2n) is 5.81. The molecule has 2 rings (SSSR count). The Morgan fingerprint density at radius 2 is 1.91 bits per heavy atom. The molecule has 0 aliphatic carbocycles. The van der Waals surface area contributed by atoms with E-state index in [2.05, 4.69) is 43.4 Å². The number of hydrogen-bond acceptors (Lipinski definition) is 3. The zero-order chi connectivity index (χ0) is 15.8. The average Bonchev–Trinajstić information content (AvgIpc) is 2.50. The van der Waals surface area contributed by atoms with Crippen molar-refractivity contribution in [3.8, 4) is 5.75 Å². The van der Waals surface area contributed by atoms with Gasteiger partial charge in [0.15, 0.2) is 0 Å². The highest BCUT2D eigenvalue weighted by Crippen LogP contribution is 2.19. The van der Waals surface area contributed by atoms with Crippen molar-refractivity contribution in [1.82, 2.24) is 0 Å². The molecule has 3 nitrogen and oxygen atoms in total. The van der Waals surface area contributed by atoms with E-state index in [1.54, 1.807) is 0 Å². The van der Waals surface area contributed by atoms with Gasteiger partial charge in [-0.05, 0) is 43.5 Å². The van der Waals surface area contributed by atoms with Gasteiger partial charge < -0.3 is 4.74 Å². The molecule has 0 heterocycles. The summed E-state index contributed by atoms with van der Waals surface area (Å²) < 4.78 is 5.89. The van der Waals surface area contributed by atoms with Crippen LogP contribution in [0.3, 0.4) is 0 Å². The molecule has 3 heteroatoms. The number of ether oxygens (including phenoxy) is 1. The lowest BCUT2D eigenvalue weighted by atomic mass is 10.1. The van der Waals surface area contributed by atoms with Crippen LogP contribution in [0.25, 0.3) is 0 Å². The number of nitrogens with zero attached hydrogens (tertiary/aromatic N) is 1. The van der Waals surface area contributed by atoms with E-state index in [0.29, 0.717) is 5.92 Å². The third-order valence-corrected chi connectivity index (χ3v) is 3.29. The predicted molar refractivity (Wildman–Crippen MR) is 93.8 cm³/mol. The van der Waals surface area contributed by atoms with E-state index in [0.717, 1.165) is 30.0 Å². The Morgan fingerprint density at radius 1 is 1.14 bits per heavy atom. The summed E-state index contributed by atoms with van der Waals surface area (Å²) in [5.74, 6) is 1.52. The molecule has 22 heavy (non-hydrogen) atoms. The van der Waals surface area contributed by atoms with Gasteiger partial charge in [0, 0.05) is 5.56 Å². The zero-order valence-corrected chi connectivity index (χ0v) is 13.5. The molecule has 0 radical (unpaired) electrons. The van der Waals surface area contributed by atoms with Gasteiger partial charge in [0.05, 0.1) is 18.5 Å². The predicted octanol–water partition coefficient (Wildman–Crippen LogP) is 4.87. The number of anilines is 1. The molecule has 2 aromatic rings. The summed E-state index contributed by atoms with van der Waals surface area (Å²) in [6.45, 7) is 7.20. The van der Waals surface area contributed by atoms with E-state index < -0.39 is 0 Å². The minimum atomic E-state index is 0.641. The summed E-state index contributed by atoms with van der Waals surface area (Å²) >= 11 is 0. The summed E-state index contributed by atoms with van der Waals surface area (Å²) in [7, 11) is 0. The SMILES string of the molecule is Cc1ccc(OCCC(C)C)c(C=NNc2ccccc2)c1. The monoisotopic (exact) mass is 296 g/mol. The van der Waals surface area contributed by atoms with Crippen LogP contribution in [0.2, 0.25) is 0 Å². The van der Waals surface area contributed by atoms with Crippen molar-refractivity contribution in [2.24, 2.45) is 11.0 Å². The summed E-state index contributed by atoms with van der Waals surface area (Å²) in [5, 5.41) is 4.30. The molecule has 1 N–H and O–H groups in total. The fourth-order valence-corrected chi connectivity index (χ4v) is 1.99. The molecule has 0 saturated carbocycles. The van der Waals surface area contributed by atoms with Gasteiger partial charge >= 0.3 is 0 Å². The number of para-hydroxylation sites is 1. The minimum Gasteiger partial charge on any atom is -0.493 e. The molecular formula is C19H24N2O. The van der Waals surface area contributed by atoms with Crippen LogP contribution in [-0.2, 0) is 0 Å². The largest absolute Gasteiger partial charge is 0.493 e. The fraction of sp³-hybridized carbons (Fsp3) is 0.316. The van der Waals surface area contributed by atoms with Gasteiger partial charge in [-0.2, -0.15) is 5.10 Å². The molecule has 2 aromatic carbocycles. The van der Waals surface area contributed by atoms with Crippen LogP contribution in [-0.4, -0.2) is 12.8 Å². The van der Waals surface area contributed by atoms with Crippen LogP contribution >= 0.6 is 0 Å². The van der Waals surface area contributed by atoms with Gasteiger partial charge in [0.25, 0.3) is 0 Å². The minimum absolute atomic E-state index is 0.641. The number of aryl methyl sites for hydroxylation is 1. The molecule has 0 unspecified atom stereocenters. The standard InChI is InChI=1S/C19H24N2O/c1-15(2)11-12-22-19-10-9-16(3)13-17(19)14-20-21-18-7-5-4-6-8-18/h4-10,13-15,21H,11-12H2,1-3H3. The molecule has 0 bridgehead atoms. The van der Waals surface area contributed by atoms with Crippen molar-refractivity contribution in [3.63, 3.8) is 0 Å². The average molecular weight is 296 g/mol. The fourth-order valence-electron chi connectivity index (χ4n) is 1.99. The van der Waals surface area contributed by atoms with Gasteiger partial charge in [-0.1, -0.05) is 43.7 Å². The molecular weight excluding hydrogens is 272 g/mol. The number of nitrogens with one attached hydrogen (secondary N) is 1. The number of hydrazone groups is 1. The summed E-state index contributed by atoms with van der Waals surface area (Å²) in [5.41, 5.74) is 6.18. The lowest BCUT2D eigenvalue weighted by Crippen LogP contribution is -2.03. The Balaban J connectivity index is 2.03. The molecule has 116 valence electrons. The first kappa shape index (κ1) is 16.1. The Labute approximate surface area is 133 Å². The van der Waals surface area contributed by atoms with Crippen LogP contribution < -0.4 is 10.2 Å². The second kappa shape index (κ2) is 8.23. The Bertz CT molecular complexity index is 606. The van der Waals surface area contributed by atoms with Crippen LogP contribution in [0, 0.1) is 12.8 Å². The molecule has 0 aliphatic rings. The third kappa shape index (κ3) is 5.24. The summed E-state index contributed by atoms with van der Waals surface area (Å²) in [6.07, 6.45) is 2.86. The summed E-state index contributed by atoms with van der Waals surface area (Å²) in [6, 6.07) is 16.1. The van der Waals surface area contributed by atoms with Gasteiger partial charge in [-0.25, -0.2) is 0 Å². The normalized spacial score (nSPS) is 11.1. The number of hydrogen-bond donors (Lipinski definition) is 1. The van der Waals surface area contributed by atoms with E-state index in [1.807, 2.05) is 42.6 Å². The highest BCUT2D eigenvalue weighted by atomic mass is 16.5. The molecule has 0 spiro atoms. The molecule has 0 atom stereocenters. The maximum absolute atomic E-state index is 5.89. The van der Waals surface area contributed by atoms with E-state index in [4.69, 9.17) is 4.74 Å². The van der Waals surface area contributed by atoms with Crippen molar-refractivity contribution < 1.29 is 4.74 Å². The van der Waals surface area contributed by atoms with Gasteiger partial charge in [0.2, 0.25) is 0 Å². The van der Waals surface area contributed by atoms with E-state index in [9.17, 15) is 0 Å². The van der Waals surface area contributed by atoms with Crippen molar-refractivity contribution in [2.45, 2.75) is 27.2 Å². The molecule has 0 saturated heterocycles. The Morgan fingerprint density at radius 3 is 2.64 bits per heavy atom. The van der Waals surface area contributed by atoms with Crippen LogP contribution in [0.15, 0.2) is 53.6 Å². The maximum Gasteiger partial charge on any atom is 0.128 e. The van der Waals surface area contributed by atoms with Crippen LogP contribution in [0.1, 0.15) is 31.4 Å². The van der Waals surface area contributed by atoms with Crippen molar-refractivity contribution in [2.75, 3.05) is 12.0 Å². The topological polar surface area (TPSA) is 33.6 Å². The number of rotatable bonds is 7.